The van der Waals surface area contributed by atoms with Crippen molar-refractivity contribution in [2.45, 2.75) is 26.4 Å². The van der Waals surface area contributed by atoms with Crippen LogP contribution in [0.3, 0.4) is 0 Å². The van der Waals surface area contributed by atoms with Crippen LogP contribution in [-0.4, -0.2) is 12.1 Å². The predicted octanol–water partition coefficient (Wildman–Crippen LogP) is 2.16. The summed E-state index contributed by atoms with van der Waals surface area (Å²) in [5.41, 5.74) is 2.48. The Kier molecular flexibility index (Phi) is 3.26. The third-order valence-electron chi connectivity index (χ3n) is 2.58. The van der Waals surface area contributed by atoms with Crippen LogP contribution >= 0.6 is 23.2 Å². The Morgan fingerprint density at radius 2 is 2.27 bits per heavy atom. The Hall–Kier alpha value is -0.215. The molecule has 1 aliphatic rings. The molecule has 15 heavy (non-hydrogen) atoms. The van der Waals surface area contributed by atoms with Crippen LogP contribution in [0.4, 0.5) is 0 Å². The SMILES string of the molecule is CCCc1c(Cl)cc2c(c1Cl)B(O)OC2. The van der Waals surface area contributed by atoms with Gasteiger partial charge in [0.25, 0.3) is 0 Å². The molecule has 0 radical (unpaired) electrons. The summed E-state index contributed by atoms with van der Waals surface area (Å²) in [6, 6.07) is 1.84. The number of hydrogen-bond acceptors (Lipinski definition) is 2. The second kappa shape index (κ2) is 4.34. The van der Waals surface area contributed by atoms with Gasteiger partial charge in [0.05, 0.1) is 6.61 Å². The van der Waals surface area contributed by atoms with Gasteiger partial charge in [0.15, 0.2) is 0 Å². The summed E-state index contributed by atoms with van der Waals surface area (Å²) in [6.45, 7) is 2.44. The van der Waals surface area contributed by atoms with Crippen LogP contribution in [0.15, 0.2) is 6.07 Å². The van der Waals surface area contributed by atoms with Gasteiger partial charge < -0.3 is 9.68 Å². The van der Waals surface area contributed by atoms with Crippen molar-refractivity contribution in [3.8, 4) is 0 Å². The van der Waals surface area contributed by atoms with Crippen LogP contribution in [0.5, 0.6) is 0 Å². The molecule has 5 heteroatoms. The fraction of sp³-hybridized carbons (Fsp3) is 0.400. The maximum atomic E-state index is 9.60. The third kappa shape index (κ3) is 1.90. The molecule has 80 valence electrons. The first-order chi connectivity index (χ1) is 7.15. The molecule has 1 heterocycles. The van der Waals surface area contributed by atoms with E-state index in [-0.39, 0.29) is 0 Å². The first kappa shape index (κ1) is 11.3. The number of fused-ring (bicyclic) bond motifs is 1. The average molecular weight is 245 g/mol. The highest BCUT2D eigenvalue weighted by Gasteiger charge is 2.31. The topological polar surface area (TPSA) is 29.5 Å². The largest absolute Gasteiger partial charge is 0.493 e. The van der Waals surface area contributed by atoms with E-state index in [0.717, 1.165) is 24.0 Å². The van der Waals surface area contributed by atoms with Crippen molar-refractivity contribution in [3.05, 3.63) is 27.2 Å². The van der Waals surface area contributed by atoms with Gasteiger partial charge >= 0.3 is 7.12 Å². The van der Waals surface area contributed by atoms with E-state index in [1.807, 2.05) is 6.07 Å². The maximum Gasteiger partial charge on any atom is 0.493 e. The van der Waals surface area contributed by atoms with Crippen molar-refractivity contribution in [3.63, 3.8) is 0 Å². The number of hydrogen-bond donors (Lipinski definition) is 1. The molecule has 2 nitrogen and oxygen atoms in total. The summed E-state index contributed by atoms with van der Waals surface area (Å²) in [6.07, 6.45) is 1.78. The predicted molar refractivity (Wildman–Crippen MR) is 62.9 cm³/mol. The summed E-state index contributed by atoms with van der Waals surface area (Å²) in [7, 11) is -0.902. The molecule has 0 aromatic heterocycles. The van der Waals surface area contributed by atoms with Crippen molar-refractivity contribution in [2.24, 2.45) is 0 Å². The van der Waals surface area contributed by atoms with Crippen LogP contribution in [0.25, 0.3) is 0 Å². The summed E-state index contributed by atoms with van der Waals surface area (Å²) in [5.74, 6) is 0. The number of rotatable bonds is 2. The molecule has 1 aromatic carbocycles. The monoisotopic (exact) mass is 244 g/mol. The lowest BCUT2D eigenvalue weighted by Gasteiger charge is -2.10. The van der Waals surface area contributed by atoms with Crippen LogP contribution < -0.4 is 5.46 Å². The average Bonchev–Trinajstić information content (AvgIpc) is 2.54. The molecule has 0 amide bonds. The van der Waals surface area contributed by atoms with Gasteiger partial charge in [0.1, 0.15) is 0 Å². The molecular formula is C10H11BCl2O2. The Morgan fingerprint density at radius 3 is 2.93 bits per heavy atom. The molecule has 0 saturated heterocycles. The van der Waals surface area contributed by atoms with E-state index in [4.69, 9.17) is 27.9 Å². The van der Waals surface area contributed by atoms with Crippen LogP contribution in [0.2, 0.25) is 10.0 Å². The van der Waals surface area contributed by atoms with Gasteiger partial charge in [-0.2, -0.15) is 0 Å². The molecular weight excluding hydrogens is 234 g/mol. The van der Waals surface area contributed by atoms with E-state index >= 15 is 0 Å². The molecule has 1 aromatic rings. The van der Waals surface area contributed by atoms with Crippen molar-refractivity contribution in [2.75, 3.05) is 0 Å². The van der Waals surface area contributed by atoms with Gasteiger partial charge in [-0.25, -0.2) is 0 Å². The van der Waals surface area contributed by atoms with Crippen molar-refractivity contribution >= 4 is 35.8 Å². The number of benzene rings is 1. The summed E-state index contributed by atoms with van der Waals surface area (Å²) < 4.78 is 5.10. The van der Waals surface area contributed by atoms with Gasteiger partial charge in [-0.15, -0.1) is 0 Å². The molecule has 0 bridgehead atoms. The molecule has 1 N–H and O–H groups in total. The molecule has 0 saturated carbocycles. The van der Waals surface area contributed by atoms with Crippen molar-refractivity contribution < 1.29 is 9.68 Å². The fourth-order valence-corrected chi connectivity index (χ4v) is 2.62. The quantitative estimate of drug-likeness (QED) is 0.809. The van der Waals surface area contributed by atoms with Gasteiger partial charge in [-0.3, -0.25) is 0 Å². The third-order valence-corrected chi connectivity index (χ3v) is 3.35. The van der Waals surface area contributed by atoms with E-state index in [9.17, 15) is 5.02 Å². The minimum atomic E-state index is -0.902. The summed E-state index contributed by atoms with van der Waals surface area (Å²) in [5, 5.41) is 10.8. The Bertz CT molecular complexity index is 395. The summed E-state index contributed by atoms with van der Waals surface area (Å²) >= 11 is 12.3. The molecule has 2 rings (SSSR count). The zero-order valence-electron chi connectivity index (χ0n) is 8.39. The lowest BCUT2D eigenvalue weighted by molar-refractivity contribution is 0.275. The van der Waals surface area contributed by atoms with E-state index in [2.05, 4.69) is 6.92 Å². The highest BCUT2D eigenvalue weighted by atomic mass is 35.5. The molecule has 0 aliphatic carbocycles. The Balaban J connectivity index is 2.55. The minimum Gasteiger partial charge on any atom is -0.423 e. The van der Waals surface area contributed by atoms with Gasteiger partial charge in [0.2, 0.25) is 0 Å². The second-order valence-corrected chi connectivity index (χ2v) is 4.42. The van der Waals surface area contributed by atoms with Crippen molar-refractivity contribution in [1.82, 2.24) is 0 Å². The molecule has 1 aliphatic heterocycles. The van der Waals surface area contributed by atoms with Gasteiger partial charge in [-0.05, 0) is 23.6 Å². The summed E-state index contributed by atoms with van der Waals surface area (Å²) in [4.78, 5) is 0. The van der Waals surface area contributed by atoms with Gasteiger partial charge in [0, 0.05) is 15.5 Å². The van der Waals surface area contributed by atoms with Crippen LogP contribution in [0.1, 0.15) is 24.5 Å². The first-order valence-corrected chi connectivity index (χ1v) is 5.70. The smallest absolute Gasteiger partial charge is 0.423 e. The van der Waals surface area contributed by atoms with Crippen LogP contribution in [0, 0.1) is 0 Å². The standard InChI is InChI=1S/C10H11BCl2O2/c1-2-3-7-8(12)4-6-5-15-11(14)9(6)10(7)13/h4,14H,2-3,5H2,1H3. The van der Waals surface area contributed by atoms with E-state index in [0.29, 0.717) is 22.1 Å². The zero-order valence-corrected chi connectivity index (χ0v) is 9.90. The normalized spacial score (nSPS) is 14.5. The number of halogens is 2. The second-order valence-electron chi connectivity index (χ2n) is 3.64. The molecule has 0 fully saturated rings. The van der Waals surface area contributed by atoms with Gasteiger partial charge in [-0.1, -0.05) is 36.5 Å². The Morgan fingerprint density at radius 1 is 1.53 bits per heavy atom. The van der Waals surface area contributed by atoms with E-state index in [1.54, 1.807) is 0 Å². The van der Waals surface area contributed by atoms with Crippen molar-refractivity contribution in [1.29, 1.82) is 0 Å². The molecule has 0 atom stereocenters. The highest BCUT2D eigenvalue weighted by molar-refractivity contribution is 6.65. The molecule has 0 spiro atoms. The maximum absolute atomic E-state index is 9.60. The van der Waals surface area contributed by atoms with E-state index < -0.39 is 7.12 Å². The Labute approximate surface area is 99.3 Å². The van der Waals surface area contributed by atoms with E-state index in [1.165, 1.54) is 0 Å². The molecule has 0 unspecified atom stereocenters. The zero-order chi connectivity index (χ0) is 11.0. The lowest BCUT2D eigenvalue weighted by Crippen LogP contribution is -2.30. The first-order valence-electron chi connectivity index (χ1n) is 4.94. The fourth-order valence-electron chi connectivity index (χ4n) is 1.84. The highest BCUT2D eigenvalue weighted by Crippen LogP contribution is 2.29. The lowest BCUT2D eigenvalue weighted by atomic mass is 9.78. The minimum absolute atomic E-state index is 0.377. The van der Waals surface area contributed by atoms with Crippen LogP contribution in [-0.2, 0) is 17.7 Å².